The molecule has 0 bridgehead atoms. The van der Waals surface area contributed by atoms with Gasteiger partial charge in [-0.25, -0.2) is 0 Å². The predicted molar refractivity (Wildman–Crippen MR) is 84.6 cm³/mol. The molecule has 1 fully saturated rings. The van der Waals surface area contributed by atoms with Crippen LogP contribution in [0.1, 0.15) is 57.4 Å². The van der Waals surface area contributed by atoms with Crippen molar-refractivity contribution >= 4 is 0 Å². The van der Waals surface area contributed by atoms with Crippen LogP contribution < -0.4 is 4.74 Å². The monoisotopic (exact) mass is 292 g/mol. The zero-order chi connectivity index (χ0) is 15.1. The molecule has 0 saturated heterocycles. The van der Waals surface area contributed by atoms with Crippen molar-refractivity contribution in [2.24, 2.45) is 0 Å². The summed E-state index contributed by atoms with van der Waals surface area (Å²) in [7, 11) is 0. The third-order valence-corrected chi connectivity index (χ3v) is 4.38. The molecule has 3 heteroatoms. The molecule has 1 atom stereocenters. The third-order valence-electron chi connectivity index (χ3n) is 4.38. The van der Waals surface area contributed by atoms with Gasteiger partial charge in [0, 0.05) is 0 Å². The third kappa shape index (κ3) is 5.33. The summed E-state index contributed by atoms with van der Waals surface area (Å²) >= 11 is 0. The standard InChI is InChI=1S/C18H28O3/c1-2-16(19)12-15-8-7-9-17(13-15)21-14-18(20)10-5-3-4-6-11-18/h7-9,13,16,19-20H,2-6,10-12,14H2,1H3. The first kappa shape index (κ1) is 16.3. The Kier molecular flexibility index (Phi) is 6.07. The molecule has 0 spiro atoms. The van der Waals surface area contributed by atoms with Crippen LogP contribution in [0, 0.1) is 0 Å². The van der Waals surface area contributed by atoms with E-state index in [2.05, 4.69) is 0 Å². The maximum atomic E-state index is 10.6. The highest BCUT2D eigenvalue weighted by atomic mass is 16.5. The van der Waals surface area contributed by atoms with Gasteiger partial charge in [-0.15, -0.1) is 0 Å². The van der Waals surface area contributed by atoms with Gasteiger partial charge in [0.05, 0.1) is 11.7 Å². The maximum absolute atomic E-state index is 10.6. The van der Waals surface area contributed by atoms with Gasteiger partial charge in [0.1, 0.15) is 12.4 Å². The van der Waals surface area contributed by atoms with Crippen LogP contribution >= 0.6 is 0 Å². The molecule has 21 heavy (non-hydrogen) atoms. The highest BCUT2D eigenvalue weighted by molar-refractivity contribution is 5.29. The minimum Gasteiger partial charge on any atom is -0.491 e. The van der Waals surface area contributed by atoms with Crippen molar-refractivity contribution in [3.63, 3.8) is 0 Å². The molecule has 2 N–H and O–H groups in total. The predicted octanol–water partition coefficient (Wildman–Crippen LogP) is 3.46. The highest BCUT2D eigenvalue weighted by Crippen LogP contribution is 2.28. The molecule has 0 radical (unpaired) electrons. The molecule has 1 aliphatic rings. The second-order valence-electron chi connectivity index (χ2n) is 6.34. The average Bonchev–Trinajstić information content (AvgIpc) is 2.71. The topological polar surface area (TPSA) is 49.7 Å². The Morgan fingerprint density at radius 1 is 1.19 bits per heavy atom. The van der Waals surface area contributed by atoms with E-state index in [1.165, 1.54) is 12.8 Å². The lowest BCUT2D eigenvalue weighted by atomic mass is 9.96. The first-order valence-electron chi connectivity index (χ1n) is 8.23. The lowest BCUT2D eigenvalue weighted by Gasteiger charge is -2.26. The fourth-order valence-electron chi connectivity index (χ4n) is 2.93. The number of hydrogen-bond acceptors (Lipinski definition) is 3. The van der Waals surface area contributed by atoms with Crippen molar-refractivity contribution in [3.8, 4) is 5.75 Å². The number of rotatable bonds is 6. The van der Waals surface area contributed by atoms with Crippen LogP contribution in [0.3, 0.4) is 0 Å². The minimum atomic E-state index is -0.671. The smallest absolute Gasteiger partial charge is 0.119 e. The number of benzene rings is 1. The van der Waals surface area contributed by atoms with Crippen LogP contribution in [-0.4, -0.2) is 28.5 Å². The Morgan fingerprint density at radius 3 is 2.57 bits per heavy atom. The molecule has 1 saturated carbocycles. The van der Waals surface area contributed by atoms with E-state index in [9.17, 15) is 10.2 Å². The van der Waals surface area contributed by atoms with Crippen LogP contribution in [0.15, 0.2) is 24.3 Å². The van der Waals surface area contributed by atoms with Gasteiger partial charge in [-0.05, 0) is 43.4 Å². The number of hydrogen-bond donors (Lipinski definition) is 2. The number of aliphatic hydroxyl groups excluding tert-OH is 1. The summed E-state index contributed by atoms with van der Waals surface area (Å²) in [6.45, 7) is 2.35. The van der Waals surface area contributed by atoms with Gasteiger partial charge < -0.3 is 14.9 Å². The van der Waals surface area contributed by atoms with Gasteiger partial charge in [0.25, 0.3) is 0 Å². The van der Waals surface area contributed by atoms with E-state index in [0.717, 1.165) is 43.4 Å². The molecule has 2 rings (SSSR count). The van der Waals surface area contributed by atoms with Crippen molar-refractivity contribution < 1.29 is 14.9 Å². The molecule has 118 valence electrons. The molecule has 0 aliphatic heterocycles. The molecule has 0 aromatic heterocycles. The lowest BCUT2D eigenvalue weighted by molar-refractivity contribution is -0.0173. The van der Waals surface area contributed by atoms with Crippen LogP contribution in [0.4, 0.5) is 0 Å². The molecule has 1 aromatic rings. The van der Waals surface area contributed by atoms with E-state index in [-0.39, 0.29) is 6.10 Å². The highest BCUT2D eigenvalue weighted by Gasteiger charge is 2.28. The fraction of sp³-hybridized carbons (Fsp3) is 0.667. The Morgan fingerprint density at radius 2 is 1.90 bits per heavy atom. The summed E-state index contributed by atoms with van der Waals surface area (Å²) in [6.07, 6.45) is 7.38. The van der Waals surface area contributed by atoms with Crippen LogP contribution in [0.5, 0.6) is 5.75 Å². The summed E-state index contributed by atoms with van der Waals surface area (Å²) in [5.41, 5.74) is 0.407. The molecule has 0 heterocycles. The zero-order valence-corrected chi connectivity index (χ0v) is 13.1. The first-order chi connectivity index (χ1) is 10.1. The molecular formula is C18H28O3. The molecular weight excluding hydrogens is 264 g/mol. The molecule has 1 unspecified atom stereocenters. The zero-order valence-electron chi connectivity index (χ0n) is 13.1. The summed E-state index contributed by atoms with van der Waals surface area (Å²) < 4.78 is 5.83. The van der Waals surface area contributed by atoms with E-state index < -0.39 is 5.60 Å². The normalized spacial score (nSPS) is 19.8. The largest absolute Gasteiger partial charge is 0.491 e. The molecule has 1 aromatic carbocycles. The number of aliphatic hydroxyl groups is 2. The van der Waals surface area contributed by atoms with Gasteiger partial charge in [-0.1, -0.05) is 44.7 Å². The summed E-state index contributed by atoms with van der Waals surface area (Å²) in [5, 5.41) is 20.3. The first-order valence-corrected chi connectivity index (χ1v) is 8.23. The number of ether oxygens (including phenoxy) is 1. The van der Waals surface area contributed by atoms with E-state index in [1.807, 2.05) is 31.2 Å². The SMILES string of the molecule is CCC(O)Cc1cccc(OCC2(O)CCCCCC2)c1. The van der Waals surface area contributed by atoms with Gasteiger partial charge in [-0.3, -0.25) is 0 Å². The van der Waals surface area contributed by atoms with E-state index in [4.69, 9.17) is 4.74 Å². The van der Waals surface area contributed by atoms with Crippen molar-refractivity contribution in [1.29, 1.82) is 0 Å². The second kappa shape index (κ2) is 7.81. The van der Waals surface area contributed by atoms with Crippen molar-refractivity contribution in [2.75, 3.05) is 6.61 Å². The van der Waals surface area contributed by atoms with Crippen molar-refractivity contribution in [2.45, 2.75) is 70.0 Å². The van der Waals surface area contributed by atoms with Gasteiger partial charge >= 0.3 is 0 Å². The van der Waals surface area contributed by atoms with Crippen molar-refractivity contribution in [3.05, 3.63) is 29.8 Å². The summed E-state index contributed by atoms with van der Waals surface area (Å²) in [6, 6.07) is 7.84. The van der Waals surface area contributed by atoms with Crippen LogP contribution in [0.2, 0.25) is 0 Å². The Labute approximate surface area is 128 Å². The van der Waals surface area contributed by atoms with Crippen LogP contribution in [-0.2, 0) is 6.42 Å². The Bertz CT molecular complexity index is 422. The second-order valence-corrected chi connectivity index (χ2v) is 6.34. The average molecular weight is 292 g/mol. The van der Waals surface area contributed by atoms with Gasteiger partial charge in [0.15, 0.2) is 0 Å². The van der Waals surface area contributed by atoms with Gasteiger partial charge in [-0.2, -0.15) is 0 Å². The Balaban J connectivity index is 1.91. The molecule has 3 nitrogen and oxygen atoms in total. The lowest BCUT2D eigenvalue weighted by Crippen LogP contribution is -2.35. The summed E-state index contributed by atoms with van der Waals surface area (Å²) in [5.74, 6) is 0.786. The van der Waals surface area contributed by atoms with E-state index in [0.29, 0.717) is 13.0 Å². The van der Waals surface area contributed by atoms with Gasteiger partial charge in [0.2, 0.25) is 0 Å². The van der Waals surface area contributed by atoms with Crippen LogP contribution in [0.25, 0.3) is 0 Å². The van der Waals surface area contributed by atoms with E-state index in [1.54, 1.807) is 0 Å². The Hall–Kier alpha value is -1.06. The van der Waals surface area contributed by atoms with E-state index >= 15 is 0 Å². The molecule has 0 amide bonds. The maximum Gasteiger partial charge on any atom is 0.119 e. The molecule has 1 aliphatic carbocycles. The quantitative estimate of drug-likeness (QED) is 0.789. The minimum absolute atomic E-state index is 0.300. The fourth-order valence-corrected chi connectivity index (χ4v) is 2.93. The van der Waals surface area contributed by atoms with Crippen molar-refractivity contribution in [1.82, 2.24) is 0 Å². The summed E-state index contributed by atoms with van der Waals surface area (Å²) in [4.78, 5) is 0.